The molecule has 0 aliphatic carbocycles. The highest BCUT2D eigenvalue weighted by Crippen LogP contribution is 2.29. The average Bonchev–Trinajstić information content (AvgIpc) is 2.45. The molecule has 4 nitrogen and oxygen atoms in total. The lowest BCUT2D eigenvalue weighted by molar-refractivity contribution is 0.952. The summed E-state index contributed by atoms with van der Waals surface area (Å²) < 4.78 is 2.14. The van der Waals surface area contributed by atoms with Crippen LogP contribution in [0.1, 0.15) is 0 Å². The van der Waals surface area contributed by atoms with E-state index in [1.165, 1.54) is 4.52 Å². The Morgan fingerprint density at radius 2 is 2.15 bits per heavy atom. The second-order valence-corrected chi connectivity index (χ2v) is 3.92. The summed E-state index contributed by atoms with van der Waals surface area (Å²) in [5, 5.41) is 4.35. The zero-order chi connectivity index (χ0) is 9.59. The summed E-state index contributed by atoms with van der Waals surface area (Å²) in [6, 6.07) is 0. The fraction of sp³-hybridized carbons (Fsp3) is 0. The molecule has 13 heavy (non-hydrogen) atoms. The SMILES string of the molecule is Nc1c(Cl)c(Cl)nc2c(Br)cnn12. The van der Waals surface area contributed by atoms with E-state index < -0.39 is 0 Å². The molecule has 0 saturated carbocycles. The minimum atomic E-state index is 0.174. The van der Waals surface area contributed by atoms with Gasteiger partial charge in [-0.3, -0.25) is 0 Å². The van der Waals surface area contributed by atoms with Crippen molar-refractivity contribution in [3.05, 3.63) is 20.8 Å². The van der Waals surface area contributed by atoms with Gasteiger partial charge in [0.05, 0.1) is 10.7 Å². The molecule has 0 unspecified atom stereocenters. The van der Waals surface area contributed by atoms with Crippen molar-refractivity contribution in [1.82, 2.24) is 14.6 Å². The molecule has 0 aliphatic rings. The van der Waals surface area contributed by atoms with Crippen molar-refractivity contribution in [3.63, 3.8) is 0 Å². The third-order valence-electron chi connectivity index (χ3n) is 1.54. The topological polar surface area (TPSA) is 56.2 Å². The lowest BCUT2D eigenvalue weighted by Crippen LogP contribution is -2.01. The minimum Gasteiger partial charge on any atom is -0.382 e. The molecule has 7 heteroatoms. The molecule has 2 N–H and O–H groups in total. The van der Waals surface area contributed by atoms with Crippen molar-refractivity contribution in [2.75, 3.05) is 5.73 Å². The quantitative estimate of drug-likeness (QED) is 0.755. The lowest BCUT2D eigenvalue weighted by atomic mass is 10.5. The molecule has 0 spiro atoms. The summed E-state index contributed by atoms with van der Waals surface area (Å²) in [7, 11) is 0. The molecule has 0 aliphatic heterocycles. The lowest BCUT2D eigenvalue weighted by Gasteiger charge is -2.02. The monoisotopic (exact) mass is 280 g/mol. The van der Waals surface area contributed by atoms with Crippen LogP contribution in [-0.4, -0.2) is 14.6 Å². The summed E-state index contributed by atoms with van der Waals surface area (Å²) in [6.45, 7) is 0. The van der Waals surface area contributed by atoms with Gasteiger partial charge in [0.25, 0.3) is 0 Å². The molecule has 2 heterocycles. The number of fused-ring (bicyclic) bond motifs is 1. The molecule has 68 valence electrons. The summed E-state index contributed by atoms with van der Waals surface area (Å²) in [5.41, 5.74) is 6.20. The normalized spacial score (nSPS) is 11.0. The van der Waals surface area contributed by atoms with E-state index in [0.29, 0.717) is 5.65 Å². The smallest absolute Gasteiger partial charge is 0.173 e. The third kappa shape index (κ3) is 1.27. The van der Waals surface area contributed by atoms with Crippen LogP contribution in [0, 0.1) is 0 Å². The van der Waals surface area contributed by atoms with Gasteiger partial charge in [-0.1, -0.05) is 23.2 Å². The Labute approximate surface area is 91.8 Å². The van der Waals surface area contributed by atoms with E-state index in [1.54, 1.807) is 6.20 Å². The van der Waals surface area contributed by atoms with Gasteiger partial charge >= 0.3 is 0 Å². The van der Waals surface area contributed by atoms with Crippen LogP contribution in [0.3, 0.4) is 0 Å². The van der Waals surface area contributed by atoms with Crippen molar-refractivity contribution in [2.24, 2.45) is 0 Å². The van der Waals surface area contributed by atoms with E-state index in [-0.39, 0.29) is 16.0 Å². The molecule has 0 bridgehead atoms. The molecule has 0 atom stereocenters. The van der Waals surface area contributed by atoms with Gasteiger partial charge in [-0.05, 0) is 15.9 Å². The highest BCUT2D eigenvalue weighted by atomic mass is 79.9. The molecule has 0 fully saturated rings. The van der Waals surface area contributed by atoms with Crippen LogP contribution in [0.2, 0.25) is 10.2 Å². The fourth-order valence-corrected chi connectivity index (χ4v) is 1.59. The Hall–Kier alpha value is -0.520. The van der Waals surface area contributed by atoms with Crippen molar-refractivity contribution in [1.29, 1.82) is 0 Å². The van der Waals surface area contributed by atoms with Gasteiger partial charge in [-0.2, -0.15) is 9.61 Å². The molecule has 0 aromatic carbocycles. The number of nitrogens with two attached hydrogens (primary N) is 1. The number of rotatable bonds is 0. The summed E-state index contributed by atoms with van der Waals surface area (Å²) in [5.74, 6) is 0.280. The summed E-state index contributed by atoms with van der Waals surface area (Å²) >= 11 is 14.8. The van der Waals surface area contributed by atoms with Crippen molar-refractivity contribution in [3.8, 4) is 0 Å². The number of nitrogen functional groups attached to an aromatic ring is 1. The van der Waals surface area contributed by atoms with Crippen LogP contribution in [0.25, 0.3) is 5.65 Å². The Balaban J connectivity index is 2.96. The number of nitrogens with zero attached hydrogens (tertiary/aromatic N) is 3. The van der Waals surface area contributed by atoms with Gasteiger partial charge in [0, 0.05) is 0 Å². The van der Waals surface area contributed by atoms with E-state index in [4.69, 9.17) is 28.9 Å². The van der Waals surface area contributed by atoms with Gasteiger partial charge in [0.15, 0.2) is 10.8 Å². The first kappa shape index (κ1) is 9.05. The van der Waals surface area contributed by atoms with Crippen molar-refractivity contribution >= 4 is 50.6 Å². The Bertz CT molecular complexity index is 481. The highest BCUT2D eigenvalue weighted by molar-refractivity contribution is 9.10. The summed E-state index contributed by atoms with van der Waals surface area (Å²) in [6.07, 6.45) is 1.57. The first-order chi connectivity index (χ1) is 6.11. The zero-order valence-electron chi connectivity index (χ0n) is 6.13. The molecular formula is C6H3BrCl2N4. The van der Waals surface area contributed by atoms with E-state index >= 15 is 0 Å². The van der Waals surface area contributed by atoms with E-state index in [1.807, 2.05) is 0 Å². The number of aromatic nitrogens is 3. The molecule has 2 rings (SSSR count). The predicted octanol–water partition coefficient (Wildman–Crippen LogP) is 2.38. The van der Waals surface area contributed by atoms with Crippen molar-refractivity contribution in [2.45, 2.75) is 0 Å². The average molecular weight is 282 g/mol. The Morgan fingerprint density at radius 3 is 2.85 bits per heavy atom. The first-order valence-electron chi connectivity index (χ1n) is 3.25. The summed E-state index contributed by atoms with van der Waals surface area (Å²) in [4.78, 5) is 4.00. The van der Waals surface area contributed by atoms with Gasteiger partial charge < -0.3 is 5.73 Å². The maximum absolute atomic E-state index is 5.77. The number of halogens is 3. The van der Waals surface area contributed by atoms with Crippen LogP contribution >= 0.6 is 39.1 Å². The van der Waals surface area contributed by atoms with Gasteiger partial charge in [0.2, 0.25) is 0 Å². The standard InChI is InChI=1S/C6H3BrCl2N4/c7-2-1-11-13-5(10)3(8)4(9)12-6(2)13/h1H,10H2. The van der Waals surface area contributed by atoms with E-state index in [9.17, 15) is 0 Å². The molecular weight excluding hydrogens is 279 g/mol. The zero-order valence-corrected chi connectivity index (χ0v) is 9.23. The minimum absolute atomic E-state index is 0.174. The number of hydrogen-bond acceptors (Lipinski definition) is 3. The molecule has 2 aromatic heterocycles. The van der Waals surface area contributed by atoms with Gasteiger partial charge in [0.1, 0.15) is 10.8 Å². The molecule has 0 radical (unpaired) electrons. The van der Waals surface area contributed by atoms with Gasteiger partial charge in [-0.15, -0.1) is 0 Å². The van der Waals surface area contributed by atoms with E-state index in [0.717, 1.165) is 4.47 Å². The first-order valence-corrected chi connectivity index (χ1v) is 4.80. The van der Waals surface area contributed by atoms with Gasteiger partial charge in [-0.25, -0.2) is 4.98 Å². The maximum Gasteiger partial charge on any atom is 0.173 e. The Morgan fingerprint density at radius 1 is 1.46 bits per heavy atom. The number of anilines is 1. The van der Waals surface area contributed by atoms with E-state index in [2.05, 4.69) is 26.0 Å². The van der Waals surface area contributed by atoms with Crippen LogP contribution < -0.4 is 5.73 Å². The maximum atomic E-state index is 5.77. The van der Waals surface area contributed by atoms with Crippen LogP contribution in [0.4, 0.5) is 5.82 Å². The molecule has 2 aromatic rings. The van der Waals surface area contributed by atoms with Crippen LogP contribution in [-0.2, 0) is 0 Å². The highest BCUT2D eigenvalue weighted by Gasteiger charge is 2.12. The molecule has 0 amide bonds. The number of hydrogen-bond donors (Lipinski definition) is 1. The second kappa shape index (κ2) is 3.01. The van der Waals surface area contributed by atoms with Crippen LogP contribution in [0.15, 0.2) is 10.7 Å². The molecule has 0 saturated heterocycles. The Kier molecular flexibility index (Phi) is 2.09. The van der Waals surface area contributed by atoms with Crippen LogP contribution in [0.5, 0.6) is 0 Å². The fourth-order valence-electron chi connectivity index (χ4n) is 0.940. The third-order valence-corrected chi connectivity index (χ3v) is 2.84. The second-order valence-electron chi connectivity index (χ2n) is 2.33. The van der Waals surface area contributed by atoms with Crippen molar-refractivity contribution < 1.29 is 0 Å². The largest absolute Gasteiger partial charge is 0.382 e. The predicted molar refractivity (Wildman–Crippen MR) is 55.1 cm³/mol.